The Balaban J connectivity index is 2.72. The third-order valence-corrected chi connectivity index (χ3v) is 3.67. The van der Waals surface area contributed by atoms with Crippen molar-refractivity contribution in [2.24, 2.45) is 5.14 Å². The molecular weight excluding hydrogens is 276 g/mol. The van der Waals surface area contributed by atoms with Crippen molar-refractivity contribution in [1.29, 1.82) is 0 Å². The monoisotopic (exact) mass is 290 g/mol. The van der Waals surface area contributed by atoms with Crippen molar-refractivity contribution in [1.82, 2.24) is 0 Å². The maximum absolute atomic E-state index is 11.6. The molecule has 0 aliphatic carbocycles. The van der Waals surface area contributed by atoms with Gasteiger partial charge in [0.1, 0.15) is 4.90 Å². The van der Waals surface area contributed by atoms with Gasteiger partial charge >= 0.3 is 0 Å². The largest absolute Gasteiger partial charge is 0.325 e. The number of sulfonamides is 1. The van der Waals surface area contributed by atoms with Crippen LogP contribution in [0.2, 0.25) is 0 Å². The van der Waals surface area contributed by atoms with E-state index in [0.717, 1.165) is 5.56 Å². The number of rotatable bonds is 3. The van der Waals surface area contributed by atoms with Gasteiger partial charge in [-0.1, -0.05) is 42.5 Å². The van der Waals surface area contributed by atoms with E-state index in [4.69, 9.17) is 5.14 Å². The summed E-state index contributed by atoms with van der Waals surface area (Å²) in [7, 11) is -3.92. The summed E-state index contributed by atoms with van der Waals surface area (Å²) in [4.78, 5) is 11.2. The molecule has 1 amide bonds. The second-order valence-electron chi connectivity index (χ2n) is 4.27. The molecule has 104 valence electrons. The fraction of sp³-hybridized carbons (Fsp3) is 0.0714. The Bertz CT molecular complexity index is 740. The molecule has 6 heteroatoms. The fourth-order valence-electron chi connectivity index (χ4n) is 1.93. The van der Waals surface area contributed by atoms with Crippen molar-refractivity contribution in [2.45, 2.75) is 11.8 Å². The second-order valence-corrected chi connectivity index (χ2v) is 5.80. The lowest BCUT2D eigenvalue weighted by Gasteiger charge is -2.14. The van der Waals surface area contributed by atoms with E-state index in [0.29, 0.717) is 5.56 Å². The van der Waals surface area contributed by atoms with Gasteiger partial charge in [-0.15, -0.1) is 0 Å². The third-order valence-electron chi connectivity index (χ3n) is 2.72. The Morgan fingerprint density at radius 1 is 1.05 bits per heavy atom. The highest BCUT2D eigenvalue weighted by Crippen LogP contribution is 2.33. The first-order valence-electron chi connectivity index (χ1n) is 5.88. The molecule has 0 spiro atoms. The van der Waals surface area contributed by atoms with Crippen LogP contribution in [0.15, 0.2) is 53.4 Å². The SMILES string of the molecule is CC(=O)Nc1c(-c2ccccc2)cccc1S(N)(=O)=O. The van der Waals surface area contributed by atoms with Gasteiger partial charge in [-0.3, -0.25) is 4.79 Å². The van der Waals surface area contributed by atoms with Crippen molar-refractivity contribution in [3.8, 4) is 11.1 Å². The van der Waals surface area contributed by atoms with Gasteiger partial charge in [0, 0.05) is 12.5 Å². The van der Waals surface area contributed by atoms with E-state index in [1.165, 1.54) is 13.0 Å². The lowest BCUT2D eigenvalue weighted by atomic mass is 10.0. The molecule has 0 unspecified atom stereocenters. The molecule has 0 heterocycles. The molecule has 2 aromatic carbocycles. The zero-order chi connectivity index (χ0) is 14.8. The van der Waals surface area contributed by atoms with Gasteiger partial charge in [0.05, 0.1) is 5.69 Å². The second kappa shape index (κ2) is 5.44. The minimum atomic E-state index is -3.92. The van der Waals surface area contributed by atoms with Gasteiger partial charge in [0.15, 0.2) is 0 Å². The Morgan fingerprint density at radius 2 is 1.70 bits per heavy atom. The number of nitrogens with two attached hydrogens (primary N) is 1. The summed E-state index contributed by atoms with van der Waals surface area (Å²) in [5, 5.41) is 7.75. The molecule has 0 atom stereocenters. The topological polar surface area (TPSA) is 89.3 Å². The Labute approximate surface area is 117 Å². The van der Waals surface area contributed by atoms with Crippen LogP contribution in [0.1, 0.15) is 6.92 Å². The number of hydrogen-bond donors (Lipinski definition) is 2. The molecule has 0 aliphatic rings. The van der Waals surface area contributed by atoms with Crippen molar-refractivity contribution < 1.29 is 13.2 Å². The van der Waals surface area contributed by atoms with Crippen LogP contribution in [-0.2, 0) is 14.8 Å². The summed E-state index contributed by atoms with van der Waals surface area (Å²) in [6, 6.07) is 13.9. The summed E-state index contributed by atoms with van der Waals surface area (Å²) in [5.41, 5.74) is 1.60. The highest BCUT2D eigenvalue weighted by Gasteiger charge is 2.18. The number of carbonyl (C=O) groups excluding carboxylic acids is 1. The first-order chi connectivity index (χ1) is 9.39. The molecule has 0 saturated carbocycles. The first-order valence-corrected chi connectivity index (χ1v) is 7.43. The molecule has 20 heavy (non-hydrogen) atoms. The van der Waals surface area contributed by atoms with Crippen LogP contribution in [-0.4, -0.2) is 14.3 Å². The molecule has 0 aliphatic heterocycles. The number of nitrogens with one attached hydrogen (secondary N) is 1. The van der Waals surface area contributed by atoms with Gasteiger partial charge in [-0.2, -0.15) is 0 Å². The lowest BCUT2D eigenvalue weighted by Crippen LogP contribution is -2.17. The van der Waals surface area contributed by atoms with Crippen LogP contribution in [0, 0.1) is 0 Å². The van der Waals surface area contributed by atoms with Crippen LogP contribution in [0.3, 0.4) is 0 Å². The number of carbonyl (C=O) groups is 1. The Hall–Kier alpha value is -2.18. The van der Waals surface area contributed by atoms with Crippen molar-refractivity contribution >= 4 is 21.6 Å². The Morgan fingerprint density at radius 3 is 2.25 bits per heavy atom. The highest BCUT2D eigenvalue weighted by atomic mass is 32.2. The average molecular weight is 290 g/mol. The maximum atomic E-state index is 11.6. The van der Waals surface area contributed by atoms with E-state index in [2.05, 4.69) is 5.32 Å². The molecule has 0 fully saturated rings. The molecule has 2 rings (SSSR count). The maximum Gasteiger partial charge on any atom is 0.240 e. The van der Waals surface area contributed by atoms with E-state index in [1.807, 2.05) is 30.3 Å². The molecule has 5 nitrogen and oxygen atoms in total. The van der Waals surface area contributed by atoms with Crippen LogP contribution in [0.25, 0.3) is 11.1 Å². The number of amides is 1. The molecule has 0 saturated heterocycles. The van der Waals surface area contributed by atoms with Crippen LogP contribution < -0.4 is 10.5 Å². The molecule has 3 N–H and O–H groups in total. The smallest absolute Gasteiger partial charge is 0.240 e. The average Bonchev–Trinajstić information content (AvgIpc) is 2.38. The summed E-state index contributed by atoms with van der Waals surface area (Å²) in [5.74, 6) is -0.363. The van der Waals surface area contributed by atoms with E-state index in [1.54, 1.807) is 12.1 Å². The zero-order valence-electron chi connectivity index (χ0n) is 10.8. The highest BCUT2D eigenvalue weighted by molar-refractivity contribution is 7.89. The first kappa shape index (κ1) is 14.2. The van der Waals surface area contributed by atoms with E-state index >= 15 is 0 Å². The number of benzene rings is 2. The summed E-state index contributed by atoms with van der Waals surface area (Å²) < 4.78 is 23.3. The van der Waals surface area contributed by atoms with Gasteiger partial charge in [-0.05, 0) is 11.6 Å². The zero-order valence-corrected chi connectivity index (χ0v) is 11.6. The van der Waals surface area contributed by atoms with Gasteiger partial charge in [0.25, 0.3) is 0 Å². The van der Waals surface area contributed by atoms with E-state index in [9.17, 15) is 13.2 Å². The standard InChI is InChI=1S/C14H14N2O3S/c1-10(17)16-14-12(11-6-3-2-4-7-11)8-5-9-13(14)20(15,18)19/h2-9H,1H3,(H,16,17)(H2,15,18,19). The van der Waals surface area contributed by atoms with Crippen LogP contribution in [0.4, 0.5) is 5.69 Å². The van der Waals surface area contributed by atoms with Gasteiger partial charge in [0.2, 0.25) is 15.9 Å². The minimum absolute atomic E-state index is 0.103. The number of para-hydroxylation sites is 1. The van der Waals surface area contributed by atoms with Gasteiger partial charge < -0.3 is 5.32 Å². The summed E-state index contributed by atoms with van der Waals surface area (Å²) in [6.45, 7) is 1.31. The minimum Gasteiger partial charge on any atom is -0.325 e. The van der Waals surface area contributed by atoms with Crippen molar-refractivity contribution in [3.05, 3.63) is 48.5 Å². The van der Waals surface area contributed by atoms with E-state index < -0.39 is 10.0 Å². The Kier molecular flexibility index (Phi) is 3.87. The van der Waals surface area contributed by atoms with Crippen LogP contribution >= 0.6 is 0 Å². The summed E-state index contributed by atoms with van der Waals surface area (Å²) >= 11 is 0. The quantitative estimate of drug-likeness (QED) is 0.905. The van der Waals surface area contributed by atoms with Gasteiger partial charge in [-0.25, -0.2) is 13.6 Å². The molecule has 0 bridgehead atoms. The molecule has 2 aromatic rings. The fourth-order valence-corrected chi connectivity index (χ4v) is 2.65. The van der Waals surface area contributed by atoms with Crippen molar-refractivity contribution in [2.75, 3.05) is 5.32 Å². The molecule has 0 radical (unpaired) electrons. The van der Waals surface area contributed by atoms with Crippen molar-refractivity contribution in [3.63, 3.8) is 0 Å². The third kappa shape index (κ3) is 3.04. The predicted molar refractivity (Wildman–Crippen MR) is 77.6 cm³/mol. The number of primary sulfonamides is 1. The summed E-state index contributed by atoms with van der Waals surface area (Å²) in [6.07, 6.45) is 0. The lowest BCUT2D eigenvalue weighted by molar-refractivity contribution is -0.114. The number of hydrogen-bond acceptors (Lipinski definition) is 3. The predicted octanol–water partition coefficient (Wildman–Crippen LogP) is 1.96. The normalized spacial score (nSPS) is 11.1. The molecular formula is C14H14N2O3S. The van der Waals surface area contributed by atoms with E-state index in [-0.39, 0.29) is 16.5 Å². The van der Waals surface area contributed by atoms with Crippen LogP contribution in [0.5, 0.6) is 0 Å². The number of anilines is 1. The molecule has 0 aromatic heterocycles.